The van der Waals surface area contributed by atoms with Gasteiger partial charge in [-0.25, -0.2) is 4.68 Å². The summed E-state index contributed by atoms with van der Waals surface area (Å²) in [5.41, 5.74) is 5.69. The van der Waals surface area contributed by atoms with Crippen LogP contribution in [0.2, 0.25) is 0 Å². The molecule has 1 N–H and O–H groups in total. The topological polar surface area (TPSA) is 46.9 Å². The van der Waals surface area contributed by atoms with Gasteiger partial charge in [-0.15, -0.1) is 0 Å². The second kappa shape index (κ2) is 6.20. The summed E-state index contributed by atoms with van der Waals surface area (Å²) in [4.78, 5) is 12.3. The highest BCUT2D eigenvalue weighted by Gasteiger charge is 2.30. The van der Waals surface area contributed by atoms with Crippen LogP contribution in [-0.2, 0) is 11.2 Å². The summed E-state index contributed by atoms with van der Waals surface area (Å²) in [5, 5.41) is 7.55. The van der Waals surface area contributed by atoms with E-state index >= 15 is 0 Å². The molecule has 0 bridgehead atoms. The van der Waals surface area contributed by atoms with Gasteiger partial charge in [0.15, 0.2) is 0 Å². The highest BCUT2D eigenvalue weighted by Crippen LogP contribution is 2.38. The number of anilines is 1. The molecule has 1 aliphatic heterocycles. The summed E-state index contributed by atoms with van der Waals surface area (Å²) in [6.07, 6.45) is 3.35. The van der Waals surface area contributed by atoms with Crippen molar-refractivity contribution in [2.45, 2.75) is 32.6 Å². The number of aromatic nitrogens is 2. The molecule has 1 amide bonds. The minimum Gasteiger partial charge on any atom is -0.310 e. The lowest BCUT2D eigenvalue weighted by Crippen LogP contribution is -2.24. The number of hydrogen-bond acceptors (Lipinski definition) is 2. The van der Waals surface area contributed by atoms with Gasteiger partial charge in [0.1, 0.15) is 5.82 Å². The molecular formula is C21H21N3O. The molecule has 1 unspecified atom stereocenters. The number of fused-ring (bicyclic) bond motifs is 1. The van der Waals surface area contributed by atoms with Crippen LogP contribution in [0.15, 0.2) is 54.7 Å². The maximum atomic E-state index is 12.3. The Morgan fingerprint density at radius 1 is 1.12 bits per heavy atom. The fraction of sp³-hybridized carbons (Fsp3) is 0.238. The molecule has 25 heavy (non-hydrogen) atoms. The van der Waals surface area contributed by atoms with Crippen molar-refractivity contribution in [1.82, 2.24) is 9.78 Å². The van der Waals surface area contributed by atoms with E-state index in [1.54, 1.807) is 0 Å². The summed E-state index contributed by atoms with van der Waals surface area (Å²) in [7, 11) is 0. The first-order valence-corrected chi connectivity index (χ1v) is 8.69. The number of nitrogens with one attached hydrogen (secondary N) is 1. The van der Waals surface area contributed by atoms with E-state index in [9.17, 15) is 4.79 Å². The van der Waals surface area contributed by atoms with Crippen LogP contribution < -0.4 is 5.32 Å². The summed E-state index contributed by atoms with van der Waals surface area (Å²) in [5.74, 6) is 0.865. The van der Waals surface area contributed by atoms with E-state index in [2.05, 4.69) is 60.7 Å². The van der Waals surface area contributed by atoms with Crippen molar-refractivity contribution in [3.63, 3.8) is 0 Å². The fourth-order valence-corrected chi connectivity index (χ4v) is 3.38. The molecule has 1 aliphatic rings. The maximum absolute atomic E-state index is 12.3. The zero-order valence-corrected chi connectivity index (χ0v) is 14.5. The van der Waals surface area contributed by atoms with Crippen LogP contribution in [0.4, 0.5) is 5.82 Å². The van der Waals surface area contributed by atoms with Gasteiger partial charge in [-0.1, -0.05) is 48.9 Å². The molecule has 1 atom stereocenters. The van der Waals surface area contributed by atoms with Crippen LogP contribution in [-0.4, -0.2) is 15.7 Å². The van der Waals surface area contributed by atoms with Crippen molar-refractivity contribution in [1.29, 1.82) is 0 Å². The van der Waals surface area contributed by atoms with Gasteiger partial charge < -0.3 is 5.32 Å². The Hall–Kier alpha value is -2.88. The Labute approximate surface area is 147 Å². The molecule has 4 rings (SSSR count). The van der Waals surface area contributed by atoms with Crippen molar-refractivity contribution in [2.24, 2.45) is 0 Å². The lowest BCUT2D eigenvalue weighted by molar-refractivity contribution is -0.116. The van der Waals surface area contributed by atoms with Gasteiger partial charge in [-0.2, -0.15) is 5.10 Å². The summed E-state index contributed by atoms with van der Waals surface area (Å²) < 4.78 is 1.82. The number of carbonyl (C=O) groups excluding carboxylic acids is 1. The highest BCUT2D eigenvalue weighted by molar-refractivity contribution is 5.94. The number of aryl methyl sites for hydroxylation is 2. The molecule has 2 aromatic carbocycles. The summed E-state index contributed by atoms with van der Waals surface area (Å²) >= 11 is 0. The average molecular weight is 331 g/mol. The Morgan fingerprint density at radius 3 is 2.52 bits per heavy atom. The van der Waals surface area contributed by atoms with Gasteiger partial charge >= 0.3 is 0 Å². The van der Waals surface area contributed by atoms with Crippen molar-refractivity contribution < 1.29 is 4.79 Å². The average Bonchev–Trinajstić information content (AvgIpc) is 3.05. The van der Waals surface area contributed by atoms with E-state index in [0.29, 0.717) is 6.42 Å². The van der Waals surface area contributed by atoms with Crippen molar-refractivity contribution in [3.05, 3.63) is 77.0 Å². The second-order valence-electron chi connectivity index (χ2n) is 6.60. The molecule has 0 radical (unpaired) electrons. The summed E-state index contributed by atoms with van der Waals surface area (Å²) in [6.45, 7) is 4.20. The molecule has 0 spiro atoms. The highest BCUT2D eigenvalue weighted by atomic mass is 16.1. The van der Waals surface area contributed by atoms with E-state index in [1.165, 1.54) is 11.1 Å². The third-order valence-electron chi connectivity index (χ3n) is 4.89. The lowest BCUT2D eigenvalue weighted by Gasteiger charge is -2.24. The predicted octanol–water partition coefficient (Wildman–Crippen LogP) is 4.22. The van der Waals surface area contributed by atoms with Gasteiger partial charge in [-0.3, -0.25) is 4.79 Å². The first-order valence-electron chi connectivity index (χ1n) is 8.69. The molecule has 3 aromatic rings. The van der Waals surface area contributed by atoms with E-state index in [-0.39, 0.29) is 11.8 Å². The predicted molar refractivity (Wildman–Crippen MR) is 99.2 cm³/mol. The fourth-order valence-electron chi connectivity index (χ4n) is 3.38. The summed E-state index contributed by atoms with van der Waals surface area (Å²) in [6, 6.07) is 16.7. The Morgan fingerprint density at radius 2 is 1.84 bits per heavy atom. The first kappa shape index (κ1) is 15.6. The number of benzene rings is 2. The van der Waals surface area contributed by atoms with E-state index in [0.717, 1.165) is 29.1 Å². The molecule has 0 aliphatic carbocycles. The number of amides is 1. The molecule has 126 valence electrons. The van der Waals surface area contributed by atoms with E-state index in [4.69, 9.17) is 0 Å². The minimum absolute atomic E-state index is 0.0333. The first-order chi connectivity index (χ1) is 12.2. The van der Waals surface area contributed by atoms with Gasteiger partial charge in [-0.05, 0) is 36.6 Å². The third kappa shape index (κ3) is 2.84. The monoisotopic (exact) mass is 331 g/mol. The largest absolute Gasteiger partial charge is 0.310 e. The minimum atomic E-state index is 0.0333. The third-order valence-corrected chi connectivity index (χ3v) is 4.89. The number of carbonyl (C=O) groups is 1. The Bertz CT molecular complexity index is 907. The molecule has 1 aromatic heterocycles. The zero-order chi connectivity index (χ0) is 17.4. The number of hydrogen-bond donors (Lipinski definition) is 1. The van der Waals surface area contributed by atoms with Crippen LogP contribution in [0.25, 0.3) is 5.69 Å². The van der Waals surface area contributed by atoms with E-state index < -0.39 is 0 Å². The standard InChI is InChI=1S/C21H21N3O/c1-3-15-6-8-16(9-7-15)18-12-20(25)23-21-19(18)13-22-24(21)17-10-4-14(2)5-11-17/h4-11,13,18H,3,12H2,1-2H3,(H,23,25). The second-order valence-corrected chi connectivity index (χ2v) is 6.60. The molecule has 4 heteroatoms. The quantitative estimate of drug-likeness (QED) is 0.781. The van der Waals surface area contributed by atoms with Crippen molar-refractivity contribution in [2.75, 3.05) is 5.32 Å². The molecule has 4 nitrogen and oxygen atoms in total. The molecule has 0 fully saturated rings. The molecule has 0 saturated carbocycles. The normalized spacial score (nSPS) is 16.4. The van der Waals surface area contributed by atoms with Crippen molar-refractivity contribution in [3.8, 4) is 5.69 Å². The van der Waals surface area contributed by atoms with Crippen LogP contribution in [0.5, 0.6) is 0 Å². The molecular weight excluding hydrogens is 310 g/mol. The van der Waals surface area contributed by atoms with E-state index in [1.807, 2.05) is 23.0 Å². The van der Waals surface area contributed by atoms with Crippen LogP contribution in [0, 0.1) is 6.92 Å². The Kier molecular flexibility index (Phi) is 3.88. The maximum Gasteiger partial charge on any atom is 0.226 e. The number of nitrogens with zero attached hydrogens (tertiary/aromatic N) is 2. The van der Waals surface area contributed by atoms with Gasteiger partial charge in [0.05, 0.1) is 11.9 Å². The smallest absolute Gasteiger partial charge is 0.226 e. The van der Waals surface area contributed by atoms with Crippen LogP contribution >= 0.6 is 0 Å². The van der Waals surface area contributed by atoms with Gasteiger partial charge in [0.2, 0.25) is 5.91 Å². The SMILES string of the molecule is CCc1ccc(C2CC(=O)Nc3c2cnn3-c2ccc(C)cc2)cc1. The zero-order valence-electron chi connectivity index (χ0n) is 14.5. The lowest BCUT2D eigenvalue weighted by atomic mass is 9.87. The van der Waals surface area contributed by atoms with Gasteiger partial charge in [0.25, 0.3) is 0 Å². The number of rotatable bonds is 3. The van der Waals surface area contributed by atoms with Crippen LogP contribution in [0.3, 0.4) is 0 Å². The van der Waals surface area contributed by atoms with Gasteiger partial charge in [0, 0.05) is 17.9 Å². The Balaban J connectivity index is 1.76. The van der Waals surface area contributed by atoms with Crippen LogP contribution in [0.1, 0.15) is 41.5 Å². The molecule has 2 heterocycles. The van der Waals surface area contributed by atoms with Crippen molar-refractivity contribution >= 4 is 11.7 Å². The molecule has 0 saturated heterocycles.